The average molecular weight is 274 g/mol. The van der Waals surface area contributed by atoms with Crippen molar-refractivity contribution in [2.24, 2.45) is 0 Å². The Morgan fingerprint density at radius 3 is 2.75 bits per heavy atom. The summed E-state index contributed by atoms with van der Waals surface area (Å²) >= 11 is 0. The van der Waals surface area contributed by atoms with Crippen LogP contribution in [0.5, 0.6) is 11.5 Å². The highest BCUT2D eigenvalue weighted by Gasteiger charge is 2.08. The summed E-state index contributed by atoms with van der Waals surface area (Å²) in [5, 5.41) is 12.7. The molecule has 0 aliphatic heterocycles. The highest BCUT2D eigenvalue weighted by Crippen LogP contribution is 2.28. The highest BCUT2D eigenvalue weighted by molar-refractivity contribution is 5.46. The van der Waals surface area contributed by atoms with E-state index in [4.69, 9.17) is 24.0 Å². The number of hydrogen-bond donors (Lipinski definition) is 0. The molecule has 0 aliphatic rings. The Bertz CT molecular complexity index is 616. The first kappa shape index (κ1) is 13.9. The molecule has 0 N–H and O–H groups in total. The molecule has 6 nitrogen and oxygen atoms in total. The third kappa shape index (κ3) is 3.28. The van der Waals surface area contributed by atoms with E-state index in [1.165, 1.54) is 7.11 Å². The van der Waals surface area contributed by atoms with Gasteiger partial charge in [-0.25, -0.2) is 0 Å². The molecular weight excluding hydrogens is 260 g/mol. The summed E-state index contributed by atoms with van der Waals surface area (Å²) in [7, 11) is 3.11. The Hall–Kier alpha value is -2.52. The van der Waals surface area contributed by atoms with Crippen LogP contribution in [0, 0.1) is 11.3 Å². The van der Waals surface area contributed by atoms with Crippen LogP contribution in [0.15, 0.2) is 28.8 Å². The Morgan fingerprint density at radius 1 is 1.20 bits per heavy atom. The molecule has 104 valence electrons. The minimum Gasteiger partial charge on any atom is -0.493 e. The summed E-state index contributed by atoms with van der Waals surface area (Å²) in [5.41, 5.74) is 1.17. The first-order valence-corrected chi connectivity index (χ1v) is 5.91. The zero-order chi connectivity index (χ0) is 14.4. The van der Waals surface area contributed by atoms with Crippen molar-refractivity contribution in [2.75, 3.05) is 14.2 Å². The molecule has 2 rings (SSSR count). The molecule has 0 bridgehead atoms. The lowest BCUT2D eigenvalue weighted by atomic mass is 10.2. The summed E-state index contributed by atoms with van der Waals surface area (Å²) in [6, 6.07) is 8.78. The molecule has 0 amide bonds. The Labute approximate surface area is 116 Å². The fourth-order valence-corrected chi connectivity index (χ4v) is 1.64. The second-order valence-corrected chi connectivity index (χ2v) is 3.98. The summed E-state index contributed by atoms with van der Waals surface area (Å²) < 4.78 is 20.8. The van der Waals surface area contributed by atoms with E-state index in [9.17, 15) is 0 Å². The molecule has 0 saturated heterocycles. The van der Waals surface area contributed by atoms with Crippen LogP contribution in [0.3, 0.4) is 0 Å². The minimum atomic E-state index is 0.246. The van der Waals surface area contributed by atoms with E-state index in [1.807, 2.05) is 6.07 Å². The van der Waals surface area contributed by atoms with Crippen molar-refractivity contribution in [3.05, 3.63) is 41.3 Å². The zero-order valence-corrected chi connectivity index (χ0v) is 11.3. The number of ether oxygens (including phenoxy) is 3. The molecule has 6 heteroatoms. The molecule has 1 aromatic heterocycles. The number of aromatic nitrogens is 1. The number of hydrogen-bond acceptors (Lipinski definition) is 6. The molecule has 1 aromatic carbocycles. The van der Waals surface area contributed by atoms with Gasteiger partial charge in [0, 0.05) is 19.2 Å². The van der Waals surface area contributed by atoms with E-state index >= 15 is 0 Å². The van der Waals surface area contributed by atoms with Gasteiger partial charge in [0.2, 0.25) is 0 Å². The minimum absolute atomic E-state index is 0.246. The normalized spacial score (nSPS) is 10.1. The topological polar surface area (TPSA) is 77.5 Å². The third-order valence-electron chi connectivity index (χ3n) is 2.56. The van der Waals surface area contributed by atoms with Crippen molar-refractivity contribution in [1.29, 1.82) is 5.26 Å². The second kappa shape index (κ2) is 6.59. The van der Waals surface area contributed by atoms with Crippen molar-refractivity contribution in [1.82, 2.24) is 5.16 Å². The summed E-state index contributed by atoms with van der Waals surface area (Å²) in [5.74, 6) is 1.69. The molecule has 0 unspecified atom stereocenters. The monoisotopic (exact) mass is 274 g/mol. The van der Waals surface area contributed by atoms with Crippen LogP contribution in [-0.4, -0.2) is 19.4 Å². The third-order valence-corrected chi connectivity index (χ3v) is 2.56. The quantitative estimate of drug-likeness (QED) is 0.804. The van der Waals surface area contributed by atoms with Crippen LogP contribution in [0.4, 0.5) is 0 Å². The van der Waals surface area contributed by atoms with Gasteiger partial charge in [-0.15, -0.1) is 0 Å². The maximum absolute atomic E-state index is 8.83. The molecule has 0 saturated carbocycles. The summed E-state index contributed by atoms with van der Waals surface area (Å²) in [6.45, 7) is 0.614. The van der Waals surface area contributed by atoms with Crippen LogP contribution in [0.2, 0.25) is 0 Å². The van der Waals surface area contributed by atoms with Gasteiger partial charge in [-0.3, -0.25) is 0 Å². The average Bonchev–Trinajstić information content (AvgIpc) is 2.93. The standard InChI is InChI=1S/C14H14N2O4/c1-17-9-12-6-11(16-20-12)8-19-13-4-3-10(7-15)5-14(13)18-2/h3-6H,8-9H2,1-2H3. The second-order valence-electron chi connectivity index (χ2n) is 3.98. The number of benzene rings is 1. The van der Waals surface area contributed by atoms with E-state index in [2.05, 4.69) is 5.16 Å². The van der Waals surface area contributed by atoms with E-state index in [-0.39, 0.29) is 6.61 Å². The predicted octanol–water partition coefficient (Wildman–Crippen LogP) is 2.28. The van der Waals surface area contributed by atoms with Gasteiger partial charge in [-0.1, -0.05) is 5.16 Å². The smallest absolute Gasteiger partial charge is 0.162 e. The fourth-order valence-electron chi connectivity index (χ4n) is 1.64. The molecule has 1 heterocycles. The highest BCUT2D eigenvalue weighted by atomic mass is 16.5. The Kier molecular flexibility index (Phi) is 4.58. The summed E-state index contributed by atoms with van der Waals surface area (Å²) in [4.78, 5) is 0. The Morgan fingerprint density at radius 2 is 2.05 bits per heavy atom. The maximum Gasteiger partial charge on any atom is 0.162 e. The first-order chi connectivity index (χ1) is 9.76. The lowest BCUT2D eigenvalue weighted by Crippen LogP contribution is -1.98. The van der Waals surface area contributed by atoms with Gasteiger partial charge in [-0.05, 0) is 12.1 Å². The van der Waals surface area contributed by atoms with Crippen LogP contribution in [-0.2, 0) is 18.0 Å². The van der Waals surface area contributed by atoms with Gasteiger partial charge >= 0.3 is 0 Å². The van der Waals surface area contributed by atoms with Gasteiger partial charge in [0.15, 0.2) is 17.3 Å². The fraction of sp³-hybridized carbons (Fsp3) is 0.286. The first-order valence-electron chi connectivity index (χ1n) is 5.91. The van der Waals surface area contributed by atoms with Crippen molar-refractivity contribution < 1.29 is 18.7 Å². The lowest BCUT2D eigenvalue weighted by Gasteiger charge is -2.09. The largest absolute Gasteiger partial charge is 0.493 e. The molecular formula is C14H14N2O4. The van der Waals surface area contributed by atoms with Gasteiger partial charge in [0.05, 0.1) is 18.7 Å². The van der Waals surface area contributed by atoms with Crippen LogP contribution >= 0.6 is 0 Å². The number of nitriles is 1. The van der Waals surface area contributed by atoms with Crippen molar-refractivity contribution >= 4 is 0 Å². The molecule has 0 spiro atoms. The van der Waals surface area contributed by atoms with Crippen molar-refractivity contribution in [3.8, 4) is 17.6 Å². The molecule has 20 heavy (non-hydrogen) atoms. The zero-order valence-electron chi connectivity index (χ0n) is 11.3. The summed E-state index contributed by atoms with van der Waals surface area (Å²) in [6.07, 6.45) is 0. The van der Waals surface area contributed by atoms with Crippen LogP contribution in [0.25, 0.3) is 0 Å². The molecule has 0 atom stereocenters. The van der Waals surface area contributed by atoms with Crippen molar-refractivity contribution in [2.45, 2.75) is 13.2 Å². The number of rotatable bonds is 6. The van der Waals surface area contributed by atoms with E-state index in [0.29, 0.717) is 35.1 Å². The van der Waals surface area contributed by atoms with Crippen LogP contribution in [0.1, 0.15) is 17.0 Å². The van der Waals surface area contributed by atoms with Crippen molar-refractivity contribution in [3.63, 3.8) is 0 Å². The molecule has 0 radical (unpaired) electrons. The Balaban J connectivity index is 2.04. The SMILES string of the molecule is COCc1cc(COc2ccc(C#N)cc2OC)no1. The number of methoxy groups -OCH3 is 2. The molecule has 0 fully saturated rings. The van der Waals surface area contributed by atoms with Gasteiger partial charge in [0.1, 0.15) is 18.9 Å². The predicted molar refractivity (Wildman–Crippen MR) is 69.3 cm³/mol. The van der Waals surface area contributed by atoms with E-state index < -0.39 is 0 Å². The lowest BCUT2D eigenvalue weighted by molar-refractivity contribution is 0.155. The van der Waals surface area contributed by atoms with Gasteiger partial charge < -0.3 is 18.7 Å². The van der Waals surface area contributed by atoms with E-state index in [0.717, 1.165) is 0 Å². The van der Waals surface area contributed by atoms with Gasteiger partial charge in [-0.2, -0.15) is 5.26 Å². The maximum atomic E-state index is 8.83. The molecule has 2 aromatic rings. The molecule has 0 aliphatic carbocycles. The number of nitrogens with zero attached hydrogens (tertiary/aromatic N) is 2. The van der Waals surface area contributed by atoms with Gasteiger partial charge in [0.25, 0.3) is 0 Å². The van der Waals surface area contributed by atoms with E-state index in [1.54, 1.807) is 31.4 Å². The van der Waals surface area contributed by atoms with Crippen LogP contribution < -0.4 is 9.47 Å².